The normalized spacial score (nSPS) is 13.6. The van der Waals surface area contributed by atoms with E-state index in [1.54, 1.807) is 4.42 Å². The van der Waals surface area contributed by atoms with E-state index < -0.39 is 0 Å². The zero-order valence-corrected chi connectivity index (χ0v) is 13.1. The second kappa shape index (κ2) is 6.46. The molecule has 0 amide bonds. The molecule has 2 aromatic rings. The quantitative estimate of drug-likeness (QED) is 0.743. The van der Waals surface area contributed by atoms with Gasteiger partial charge in [-0.05, 0) is 58.9 Å². The maximum atomic E-state index is 5.93. The summed E-state index contributed by atoms with van der Waals surface area (Å²) in [5, 5.41) is 0. The van der Waals surface area contributed by atoms with E-state index in [4.69, 9.17) is 11.8 Å². The lowest BCUT2D eigenvalue weighted by atomic mass is 9.93. The number of aryl methyl sites for hydroxylation is 2. The molecule has 1 aliphatic rings. The maximum Gasteiger partial charge on any atom is 0.0170 e. The van der Waals surface area contributed by atoms with Crippen molar-refractivity contribution < 1.29 is 0 Å². The van der Waals surface area contributed by atoms with Crippen LogP contribution < -0.4 is 0 Å². The SMILES string of the molecule is CN(Cl)CCC=C1c2ccccc2CCc2ccccc21. The smallest absolute Gasteiger partial charge is 0.0170 e. The standard InChI is InChI=1S/C19H20ClN/c1-21(20)14-6-11-19-17-9-4-2-7-15(17)12-13-16-8-3-5-10-18(16)19/h2-5,7-11H,6,12-14H2,1H3. The van der Waals surface area contributed by atoms with Crippen LogP contribution in [0.1, 0.15) is 28.7 Å². The molecule has 3 rings (SSSR count). The largest absolute Gasteiger partial charge is 0.223 e. The van der Waals surface area contributed by atoms with Gasteiger partial charge in [0.2, 0.25) is 0 Å². The van der Waals surface area contributed by atoms with E-state index in [0.717, 1.165) is 25.8 Å². The molecule has 2 heteroatoms. The predicted molar refractivity (Wildman–Crippen MR) is 90.5 cm³/mol. The number of hydrogen-bond donors (Lipinski definition) is 0. The Kier molecular flexibility index (Phi) is 4.42. The Bertz CT molecular complexity index is 609. The Balaban J connectivity index is 2.07. The molecule has 0 aromatic heterocycles. The highest BCUT2D eigenvalue weighted by Gasteiger charge is 2.16. The summed E-state index contributed by atoms with van der Waals surface area (Å²) in [6, 6.07) is 17.5. The van der Waals surface area contributed by atoms with E-state index in [0.29, 0.717) is 0 Å². The zero-order chi connectivity index (χ0) is 14.7. The van der Waals surface area contributed by atoms with E-state index >= 15 is 0 Å². The average molecular weight is 298 g/mol. The van der Waals surface area contributed by atoms with Gasteiger partial charge in [-0.1, -0.05) is 54.6 Å². The summed E-state index contributed by atoms with van der Waals surface area (Å²) >= 11 is 5.93. The number of nitrogens with zero attached hydrogens (tertiary/aromatic N) is 1. The Hall–Kier alpha value is -1.57. The van der Waals surface area contributed by atoms with Gasteiger partial charge >= 0.3 is 0 Å². The minimum atomic E-state index is 0.857. The lowest BCUT2D eigenvalue weighted by Gasteiger charge is -2.12. The zero-order valence-electron chi connectivity index (χ0n) is 12.3. The van der Waals surface area contributed by atoms with Crippen molar-refractivity contribution in [3.05, 3.63) is 76.9 Å². The molecule has 0 fully saturated rings. The first-order valence-electron chi connectivity index (χ1n) is 7.49. The third-order valence-corrected chi connectivity index (χ3v) is 4.23. The maximum absolute atomic E-state index is 5.93. The Labute approximate surface area is 132 Å². The lowest BCUT2D eigenvalue weighted by Crippen LogP contribution is -2.05. The van der Waals surface area contributed by atoms with Crippen LogP contribution in [-0.4, -0.2) is 18.0 Å². The molecule has 0 radical (unpaired) electrons. The van der Waals surface area contributed by atoms with Gasteiger partial charge in [0, 0.05) is 13.6 Å². The molecule has 0 spiro atoms. The van der Waals surface area contributed by atoms with Crippen molar-refractivity contribution in [3.8, 4) is 0 Å². The van der Waals surface area contributed by atoms with E-state index in [1.807, 2.05) is 7.05 Å². The van der Waals surface area contributed by atoms with Gasteiger partial charge in [-0.2, -0.15) is 0 Å². The van der Waals surface area contributed by atoms with Crippen molar-refractivity contribution in [2.45, 2.75) is 19.3 Å². The van der Waals surface area contributed by atoms with Gasteiger partial charge in [0.05, 0.1) is 0 Å². The van der Waals surface area contributed by atoms with Crippen LogP contribution in [0, 0.1) is 0 Å². The molecule has 0 aliphatic heterocycles. The van der Waals surface area contributed by atoms with E-state index in [1.165, 1.54) is 27.8 Å². The van der Waals surface area contributed by atoms with Gasteiger partial charge in [-0.25, -0.2) is 4.42 Å². The second-order valence-electron chi connectivity index (χ2n) is 5.55. The summed E-state index contributed by atoms with van der Waals surface area (Å²) in [5.74, 6) is 0. The minimum absolute atomic E-state index is 0.857. The molecule has 0 unspecified atom stereocenters. The van der Waals surface area contributed by atoms with Crippen molar-refractivity contribution in [2.75, 3.05) is 13.6 Å². The van der Waals surface area contributed by atoms with Crippen LogP contribution in [0.2, 0.25) is 0 Å². The average Bonchev–Trinajstić information content (AvgIpc) is 2.65. The summed E-state index contributed by atoms with van der Waals surface area (Å²) < 4.78 is 1.71. The molecule has 0 saturated heterocycles. The molecule has 0 atom stereocenters. The number of rotatable bonds is 3. The van der Waals surface area contributed by atoms with E-state index in [-0.39, 0.29) is 0 Å². The first-order valence-corrected chi connectivity index (χ1v) is 7.83. The summed E-state index contributed by atoms with van der Waals surface area (Å²) in [4.78, 5) is 0. The van der Waals surface area contributed by atoms with Crippen LogP contribution in [0.25, 0.3) is 5.57 Å². The third kappa shape index (κ3) is 3.20. The third-order valence-electron chi connectivity index (χ3n) is 4.06. The van der Waals surface area contributed by atoms with Crippen LogP contribution in [-0.2, 0) is 12.8 Å². The number of hydrogen-bond acceptors (Lipinski definition) is 1. The Morgan fingerprint density at radius 3 is 2.00 bits per heavy atom. The minimum Gasteiger partial charge on any atom is -0.223 e. The highest BCUT2D eigenvalue weighted by Crippen LogP contribution is 2.33. The molecular weight excluding hydrogens is 278 g/mol. The fourth-order valence-corrected chi connectivity index (χ4v) is 3.12. The van der Waals surface area contributed by atoms with Crippen LogP contribution >= 0.6 is 11.8 Å². The molecule has 0 N–H and O–H groups in total. The van der Waals surface area contributed by atoms with Crippen molar-refractivity contribution in [3.63, 3.8) is 0 Å². The van der Waals surface area contributed by atoms with Gasteiger partial charge in [-0.15, -0.1) is 0 Å². The van der Waals surface area contributed by atoms with Crippen molar-refractivity contribution >= 4 is 17.3 Å². The molecule has 0 heterocycles. The van der Waals surface area contributed by atoms with Crippen LogP contribution in [0.3, 0.4) is 0 Å². The number of halogens is 1. The Morgan fingerprint density at radius 1 is 0.952 bits per heavy atom. The summed E-state index contributed by atoms with van der Waals surface area (Å²) in [5.41, 5.74) is 7.00. The van der Waals surface area contributed by atoms with Crippen molar-refractivity contribution in [1.29, 1.82) is 0 Å². The van der Waals surface area contributed by atoms with Gasteiger partial charge in [0.1, 0.15) is 0 Å². The van der Waals surface area contributed by atoms with E-state index in [9.17, 15) is 0 Å². The summed E-state index contributed by atoms with van der Waals surface area (Å²) in [7, 11) is 1.90. The monoisotopic (exact) mass is 297 g/mol. The Morgan fingerprint density at radius 2 is 1.48 bits per heavy atom. The van der Waals surface area contributed by atoms with Crippen molar-refractivity contribution in [2.24, 2.45) is 0 Å². The molecule has 0 saturated carbocycles. The van der Waals surface area contributed by atoms with Crippen molar-refractivity contribution in [1.82, 2.24) is 4.42 Å². The van der Waals surface area contributed by atoms with Gasteiger partial charge in [0.15, 0.2) is 0 Å². The fourth-order valence-electron chi connectivity index (χ4n) is 3.02. The molecule has 1 aliphatic carbocycles. The lowest BCUT2D eigenvalue weighted by molar-refractivity contribution is 0.557. The van der Waals surface area contributed by atoms with Crippen LogP contribution in [0.4, 0.5) is 0 Å². The van der Waals surface area contributed by atoms with Gasteiger partial charge < -0.3 is 0 Å². The predicted octanol–water partition coefficient (Wildman–Crippen LogP) is 4.69. The van der Waals surface area contributed by atoms with Gasteiger partial charge in [0.25, 0.3) is 0 Å². The van der Waals surface area contributed by atoms with Crippen LogP contribution in [0.15, 0.2) is 54.6 Å². The molecule has 0 bridgehead atoms. The highest BCUT2D eigenvalue weighted by atomic mass is 35.5. The highest BCUT2D eigenvalue weighted by molar-refractivity contribution is 6.13. The molecular formula is C19H20ClN. The number of benzene rings is 2. The fraction of sp³-hybridized carbons (Fsp3) is 0.263. The number of fused-ring (bicyclic) bond motifs is 2. The molecule has 108 valence electrons. The first kappa shape index (κ1) is 14.4. The molecule has 1 nitrogen and oxygen atoms in total. The first-order chi connectivity index (χ1) is 10.3. The van der Waals surface area contributed by atoms with E-state index in [2.05, 4.69) is 54.6 Å². The molecule has 21 heavy (non-hydrogen) atoms. The van der Waals surface area contributed by atoms with Crippen LogP contribution in [0.5, 0.6) is 0 Å². The second-order valence-corrected chi connectivity index (χ2v) is 6.13. The summed E-state index contributed by atoms with van der Waals surface area (Å²) in [6.45, 7) is 0.857. The molecule has 2 aromatic carbocycles. The topological polar surface area (TPSA) is 3.24 Å². The van der Waals surface area contributed by atoms with Gasteiger partial charge in [-0.3, -0.25) is 0 Å². The summed E-state index contributed by atoms with van der Waals surface area (Å²) in [6.07, 6.45) is 5.51.